The van der Waals surface area contributed by atoms with E-state index in [0.717, 1.165) is 37.2 Å². The van der Waals surface area contributed by atoms with Crippen LogP contribution >= 0.6 is 0 Å². The second-order valence-corrected chi connectivity index (χ2v) is 7.60. The second kappa shape index (κ2) is 6.22. The molecule has 3 heterocycles. The summed E-state index contributed by atoms with van der Waals surface area (Å²) >= 11 is 0. The molecule has 1 aromatic heterocycles. The van der Waals surface area contributed by atoms with Crippen molar-refractivity contribution in [2.45, 2.75) is 70.3 Å². The highest BCUT2D eigenvalue weighted by Crippen LogP contribution is 2.46. The van der Waals surface area contributed by atoms with Crippen LogP contribution in [-0.4, -0.2) is 31.9 Å². The number of rotatable bonds is 4. The van der Waals surface area contributed by atoms with Crippen LogP contribution in [0.4, 0.5) is 4.39 Å². The smallest absolute Gasteiger partial charge is 0.123 e. The van der Waals surface area contributed by atoms with Gasteiger partial charge in [-0.1, -0.05) is 12.1 Å². The molecule has 2 saturated heterocycles. The van der Waals surface area contributed by atoms with Gasteiger partial charge in [-0.15, -0.1) is 0 Å². The molecule has 2 aliphatic heterocycles. The van der Waals surface area contributed by atoms with Gasteiger partial charge in [-0.05, 0) is 57.2 Å². The van der Waals surface area contributed by atoms with Crippen molar-refractivity contribution in [2.75, 3.05) is 0 Å². The number of aryl methyl sites for hydroxylation is 2. The quantitative estimate of drug-likeness (QED) is 0.925. The average molecular weight is 343 g/mol. The summed E-state index contributed by atoms with van der Waals surface area (Å²) in [6, 6.07) is 7.16. The minimum absolute atomic E-state index is 0.275. The Morgan fingerprint density at radius 1 is 1.28 bits per heavy atom. The maximum Gasteiger partial charge on any atom is 0.123 e. The van der Waals surface area contributed by atoms with Crippen LogP contribution in [0.1, 0.15) is 49.4 Å². The zero-order valence-corrected chi connectivity index (χ0v) is 15.0. The first-order chi connectivity index (χ1) is 12.0. The number of nitrogens with zero attached hydrogens (tertiary/aromatic N) is 3. The molecule has 134 valence electrons. The Balaban J connectivity index is 1.55. The first-order valence-corrected chi connectivity index (χ1v) is 9.25. The van der Waals surface area contributed by atoms with E-state index < -0.39 is 5.60 Å². The summed E-state index contributed by atoms with van der Waals surface area (Å²) in [6.07, 6.45) is 5.69. The zero-order chi connectivity index (χ0) is 17.6. The van der Waals surface area contributed by atoms with Gasteiger partial charge < -0.3 is 5.11 Å². The Labute approximate surface area is 148 Å². The Bertz CT molecular complexity index is 758. The van der Waals surface area contributed by atoms with Crippen LogP contribution in [-0.2, 0) is 18.7 Å². The fourth-order valence-corrected chi connectivity index (χ4v) is 4.66. The first-order valence-electron chi connectivity index (χ1n) is 9.25. The van der Waals surface area contributed by atoms with Gasteiger partial charge in [0.05, 0.1) is 11.3 Å². The molecule has 0 unspecified atom stereocenters. The second-order valence-electron chi connectivity index (χ2n) is 7.60. The van der Waals surface area contributed by atoms with Crippen LogP contribution in [0.5, 0.6) is 0 Å². The van der Waals surface area contributed by atoms with Crippen LogP contribution in [0.2, 0.25) is 0 Å². The highest BCUT2D eigenvalue weighted by atomic mass is 19.1. The minimum Gasteiger partial charge on any atom is -0.385 e. The highest BCUT2D eigenvalue weighted by Gasteiger charge is 2.48. The van der Waals surface area contributed by atoms with Gasteiger partial charge in [-0.3, -0.25) is 9.58 Å². The van der Waals surface area contributed by atoms with E-state index in [4.69, 9.17) is 0 Å². The molecule has 5 heteroatoms. The molecule has 0 spiro atoms. The van der Waals surface area contributed by atoms with Crippen molar-refractivity contribution < 1.29 is 9.50 Å². The average Bonchev–Trinajstić information content (AvgIpc) is 3.06. The van der Waals surface area contributed by atoms with E-state index in [2.05, 4.69) is 30.0 Å². The maximum absolute atomic E-state index is 13.6. The lowest BCUT2D eigenvalue weighted by atomic mass is 9.80. The topological polar surface area (TPSA) is 41.3 Å². The van der Waals surface area contributed by atoms with Crippen molar-refractivity contribution in [3.05, 3.63) is 53.1 Å². The first kappa shape index (κ1) is 16.7. The third-order valence-corrected chi connectivity index (χ3v) is 6.00. The normalized spacial score (nSPS) is 29.3. The Morgan fingerprint density at radius 3 is 2.60 bits per heavy atom. The van der Waals surface area contributed by atoms with E-state index in [-0.39, 0.29) is 5.82 Å². The third kappa shape index (κ3) is 3.00. The molecule has 1 aromatic carbocycles. The van der Waals surface area contributed by atoms with Gasteiger partial charge in [-0.25, -0.2) is 4.39 Å². The lowest BCUT2D eigenvalue weighted by Gasteiger charge is -2.44. The predicted molar refractivity (Wildman–Crippen MR) is 94.5 cm³/mol. The number of aromatic nitrogens is 2. The van der Waals surface area contributed by atoms with E-state index in [1.54, 1.807) is 6.07 Å². The molecule has 2 atom stereocenters. The van der Waals surface area contributed by atoms with E-state index in [1.165, 1.54) is 17.7 Å². The van der Waals surface area contributed by atoms with Gasteiger partial charge in [0.2, 0.25) is 0 Å². The zero-order valence-electron chi connectivity index (χ0n) is 15.0. The summed E-state index contributed by atoms with van der Waals surface area (Å²) in [5.41, 5.74) is 2.17. The summed E-state index contributed by atoms with van der Waals surface area (Å²) in [6.45, 7) is 5.93. The van der Waals surface area contributed by atoms with Crippen LogP contribution < -0.4 is 0 Å². The van der Waals surface area contributed by atoms with Crippen molar-refractivity contribution in [3.63, 3.8) is 0 Å². The summed E-state index contributed by atoms with van der Waals surface area (Å²) in [4.78, 5) is 2.53. The summed E-state index contributed by atoms with van der Waals surface area (Å²) in [5.74, 6) is -0.275. The van der Waals surface area contributed by atoms with E-state index in [9.17, 15) is 9.50 Å². The summed E-state index contributed by atoms with van der Waals surface area (Å²) in [7, 11) is 0. The molecule has 4 rings (SSSR count). The van der Waals surface area contributed by atoms with Crippen molar-refractivity contribution in [2.24, 2.45) is 0 Å². The van der Waals surface area contributed by atoms with Gasteiger partial charge in [0, 0.05) is 36.9 Å². The van der Waals surface area contributed by atoms with Crippen LogP contribution in [0.15, 0.2) is 30.5 Å². The SMILES string of the molecule is CCn1cc(CN2[C@@H]3CC[C@@H]2CC(O)(c2cccc(F)c2)C3)c(C)n1. The Morgan fingerprint density at radius 2 is 2.00 bits per heavy atom. The van der Waals surface area contributed by atoms with Crippen molar-refractivity contribution in [3.8, 4) is 0 Å². The predicted octanol–water partition coefficient (Wildman–Crippen LogP) is 3.37. The molecule has 0 aliphatic carbocycles. The van der Waals surface area contributed by atoms with Gasteiger partial charge in [0.1, 0.15) is 5.82 Å². The number of halogens is 1. The molecular weight excluding hydrogens is 317 g/mol. The molecular formula is C20H26FN3O. The molecule has 25 heavy (non-hydrogen) atoms. The van der Waals surface area contributed by atoms with Crippen LogP contribution in [0, 0.1) is 12.7 Å². The van der Waals surface area contributed by atoms with Crippen LogP contribution in [0.25, 0.3) is 0 Å². The van der Waals surface area contributed by atoms with Gasteiger partial charge in [0.15, 0.2) is 0 Å². The number of hydrogen-bond acceptors (Lipinski definition) is 3. The minimum atomic E-state index is -0.910. The number of fused-ring (bicyclic) bond motifs is 2. The fraction of sp³-hybridized carbons (Fsp3) is 0.550. The van der Waals surface area contributed by atoms with Gasteiger partial charge >= 0.3 is 0 Å². The Kier molecular flexibility index (Phi) is 4.16. The lowest BCUT2D eigenvalue weighted by molar-refractivity contribution is -0.0597. The van der Waals surface area contributed by atoms with Gasteiger partial charge in [-0.2, -0.15) is 5.10 Å². The highest BCUT2D eigenvalue weighted by molar-refractivity contribution is 5.26. The maximum atomic E-state index is 13.6. The lowest BCUT2D eigenvalue weighted by Crippen LogP contribution is -2.49. The third-order valence-electron chi connectivity index (χ3n) is 6.00. The number of hydrogen-bond donors (Lipinski definition) is 1. The largest absolute Gasteiger partial charge is 0.385 e. The van der Waals surface area contributed by atoms with E-state index in [1.807, 2.05) is 10.7 Å². The fourth-order valence-electron chi connectivity index (χ4n) is 4.66. The molecule has 0 saturated carbocycles. The van der Waals surface area contributed by atoms with Crippen molar-refractivity contribution >= 4 is 0 Å². The molecule has 1 N–H and O–H groups in total. The molecule has 2 aromatic rings. The molecule has 0 amide bonds. The van der Waals surface area contributed by atoms with Crippen molar-refractivity contribution in [1.82, 2.24) is 14.7 Å². The standard InChI is InChI=1S/C20H26FN3O/c1-3-23-12-15(14(2)22-23)13-24-18-7-8-19(24)11-20(25,10-18)16-5-4-6-17(21)9-16/h4-6,9,12,18-19,25H,3,7-8,10-11,13H2,1-2H3/t18-,19-/m1/s1. The van der Waals surface area contributed by atoms with E-state index in [0.29, 0.717) is 24.9 Å². The van der Waals surface area contributed by atoms with Crippen LogP contribution in [0.3, 0.4) is 0 Å². The molecule has 2 fully saturated rings. The Hall–Kier alpha value is -1.72. The van der Waals surface area contributed by atoms with Crippen molar-refractivity contribution in [1.29, 1.82) is 0 Å². The molecule has 0 radical (unpaired) electrons. The number of benzene rings is 1. The number of aliphatic hydroxyl groups is 1. The molecule has 2 aliphatic rings. The number of piperidine rings is 1. The molecule has 2 bridgehead atoms. The summed E-state index contributed by atoms with van der Waals surface area (Å²) in [5, 5.41) is 15.8. The van der Waals surface area contributed by atoms with E-state index >= 15 is 0 Å². The van der Waals surface area contributed by atoms with Gasteiger partial charge in [0.25, 0.3) is 0 Å². The monoisotopic (exact) mass is 343 g/mol. The summed E-state index contributed by atoms with van der Waals surface area (Å²) < 4.78 is 15.6. The molecule has 4 nitrogen and oxygen atoms in total.